The molecule has 0 spiro atoms. The van der Waals surface area contributed by atoms with Gasteiger partial charge in [-0.05, 0) is 36.0 Å². The van der Waals surface area contributed by atoms with Gasteiger partial charge in [0.15, 0.2) is 11.7 Å². The minimum Gasteiger partial charge on any atom is -0.404 e. The fraction of sp³-hybridized carbons (Fsp3) is 0.278. The van der Waals surface area contributed by atoms with Crippen LogP contribution < -0.4 is 15.8 Å². The van der Waals surface area contributed by atoms with Crippen LogP contribution in [0.5, 0.6) is 5.75 Å². The van der Waals surface area contributed by atoms with E-state index < -0.39 is 6.36 Å². The Kier molecular flexibility index (Phi) is 4.83. The number of anilines is 1. The summed E-state index contributed by atoms with van der Waals surface area (Å²) in [7, 11) is 0. The summed E-state index contributed by atoms with van der Waals surface area (Å²) in [6, 6.07) is 15.9. The number of hydrogen-bond donors (Lipinski definition) is 2. The normalized spacial score (nSPS) is 20.2. The first-order valence-corrected chi connectivity index (χ1v) is 7.89. The van der Waals surface area contributed by atoms with Crippen LogP contribution in [0.2, 0.25) is 0 Å². The number of ether oxygens (including phenoxy) is 1. The predicted molar refractivity (Wildman–Crippen MR) is 90.5 cm³/mol. The second kappa shape index (κ2) is 7.04. The van der Waals surface area contributed by atoms with Crippen LogP contribution in [0.3, 0.4) is 0 Å². The Hall–Kier alpha value is -2.70. The second-order valence-electron chi connectivity index (χ2n) is 5.91. The van der Waals surface area contributed by atoms with Crippen molar-refractivity contribution in [3.8, 4) is 5.75 Å². The molecule has 1 saturated carbocycles. The van der Waals surface area contributed by atoms with Crippen molar-refractivity contribution < 1.29 is 17.9 Å². The van der Waals surface area contributed by atoms with E-state index in [9.17, 15) is 13.2 Å². The molecule has 3 rings (SSSR count). The average molecular weight is 349 g/mol. The zero-order valence-corrected chi connectivity index (χ0v) is 13.3. The molecule has 2 aromatic rings. The van der Waals surface area contributed by atoms with Gasteiger partial charge in [-0.15, -0.1) is 13.2 Å². The summed E-state index contributed by atoms with van der Waals surface area (Å²) >= 11 is 0. The molecule has 4 nitrogen and oxygen atoms in total. The number of aliphatic imine (C=N–C) groups is 1. The molecule has 0 aromatic heterocycles. The Morgan fingerprint density at radius 3 is 2.52 bits per heavy atom. The van der Waals surface area contributed by atoms with Crippen molar-refractivity contribution in [2.24, 2.45) is 16.6 Å². The molecule has 2 unspecified atom stereocenters. The van der Waals surface area contributed by atoms with Crippen molar-refractivity contribution in [2.45, 2.75) is 18.7 Å². The van der Waals surface area contributed by atoms with E-state index in [-0.39, 0.29) is 17.4 Å². The van der Waals surface area contributed by atoms with Crippen molar-refractivity contribution in [1.82, 2.24) is 0 Å². The number of halogens is 3. The van der Waals surface area contributed by atoms with Crippen LogP contribution in [-0.2, 0) is 0 Å². The molecule has 0 amide bonds. The van der Waals surface area contributed by atoms with Crippen molar-refractivity contribution in [1.29, 1.82) is 0 Å². The van der Waals surface area contributed by atoms with Gasteiger partial charge < -0.3 is 15.8 Å². The molecule has 2 atom stereocenters. The molecule has 1 aliphatic carbocycles. The number of nitrogens with two attached hydrogens (primary N) is 1. The molecule has 25 heavy (non-hydrogen) atoms. The first-order chi connectivity index (χ1) is 11.9. The standard InChI is InChI=1S/C18H18F3N3O/c19-18(20,21)25-16-9-5-4-8-15(16)24-17(22)23-11-13-10-14(13)12-6-2-1-3-7-12/h1-9,13-14H,10-11H2,(H3,22,23,24). The molecule has 1 aliphatic rings. The number of guanidine groups is 1. The molecular formula is C18H18F3N3O. The maximum Gasteiger partial charge on any atom is 0.573 e. The molecule has 2 aromatic carbocycles. The van der Waals surface area contributed by atoms with Crippen LogP contribution >= 0.6 is 0 Å². The van der Waals surface area contributed by atoms with Crippen LogP contribution in [0.4, 0.5) is 18.9 Å². The summed E-state index contributed by atoms with van der Waals surface area (Å²) in [6.07, 6.45) is -3.73. The summed E-state index contributed by atoms with van der Waals surface area (Å²) in [5.74, 6) is 0.599. The minimum absolute atomic E-state index is 0.0666. The predicted octanol–water partition coefficient (Wildman–Crippen LogP) is 4.12. The van der Waals surface area contributed by atoms with E-state index in [4.69, 9.17) is 5.73 Å². The Morgan fingerprint density at radius 1 is 1.12 bits per heavy atom. The lowest BCUT2D eigenvalue weighted by Gasteiger charge is -2.14. The molecule has 132 valence electrons. The highest BCUT2D eigenvalue weighted by molar-refractivity contribution is 5.93. The minimum atomic E-state index is -4.76. The monoisotopic (exact) mass is 349 g/mol. The maximum atomic E-state index is 12.4. The summed E-state index contributed by atoms with van der Waals surface area (Å²) < 4.78 is 41.2. The summed E-state index contributed by atoms with van der Waals surface area (Å²) in [4.78, 5) is 4.24. The zero-order chi connectivity index (χ0) is 17.9. The Morgan fingerprint density at radius 2 is 1.80 bits per heavy atom. The molecule has 1 fully saturated rings. The van der Waals surface area contributed by atoms with E-state index >= 15 is 0 Å². The van der Waals surface area contributed by atoms with Gasteiger partial charge in [0, 0.05) is 6.54 Å². The number of benzene rings is 2. The zero-order valence-electron chi connectivity index (χ0n) is 13.3. The van der Waals surface area contributed by atoms with Crippen LogP contribution in [0.25, 0.3) is 0 Å². The van der Waals surface area contributed by atoms with Gasteiger partial charge in [-0.1, -0.05) is 42.5 Å². The lowest BCUT2D eigenvalue weighted by molar-refractivity contribution is -0.274. The van der Waals surface area contributed by atoms with Gasteiger partial charge in [0.05, 0.1) is 5.69 Å². The topological polar surface area (TPSA) is 59.6 Å². The molecule has 3 N–H and O–H groups in total. The third kappa shape index (κ3) is 4.89. The molecule has 0 saturated heterocycles. The fourth-order valence-corrected chi connectivity index (χ4v) is 2.73. The van der Waals surface area contributed by atoms with Gasteiger partial charge in [0.25, 0.3) is 0 Å². The lowest BCUT2D eigenvalue weighted by Crippen LogP contribution is -2.25. The number of nitrogens with one attached hydrogen (secondary N) is 1. The third-order valence-corrected chi connectivity index (χ3v) is 4.02. The summed E-state index contributed by atoms with van der Waals surface area (Å²) in [6.45, 7) is 0.528. The van der Waals surface area contributed by atoms with Gasteiger partial charge in [-0.2, -0.15) is 0 Å². The van der Waals surface area contributed by atoms with Gasteiger partial charge in [-0.3, -0.25) is 4.99 Å². The van der Waals surface area contributed by atoms with Gasteiger partial charge >= 0.3 is 6.36 Å². The first-order valence-electron chi connectivity index (χ1n) is 7.89. The van der Waals surface area contributed by atoms with Crippen LogP contribution in [0.15, 0.2) is 59.6 Å². The number of rotatable bonds is 5. The Labute approximate surface area is 143 Å². The van der Waals surface area contributed by atoms with E-state index in [1.54, 1.807) is 6.07 Å². The lowest BCUT2D eigenvalue weighted by atomic mass is 10.1. The van der Waals surface area contributed by atoms with E-state index in [0.29, 0.717) is 18.4 Å². The average Bonchev–Trinajstić information content (AvgIpc) is 3.34. The van der Waals surface area contributed by atoms with E-state index in [2.05, 4.69) is 27.2 Å². The smallest absolute Gasteiger partial charge is 0.404 e. The SMILES string of the molecule is NC(=NCC1CC1c1ccccc1)Nc1ccccc1OC(F)(F)F. The van der Waals surface area contributed by atoms with E-state index in [0.717, 1.165) is 6.42 Å². The van der Waals surface area contributed by atoms with Gasteiger partial charge in [-0.25, -0.2) is 0 Å². The molecule has 0 heterocycles. The highest BCUT2D eigenvalue weighted by Crippen LogP contribution is 2.47. The number of para-hydroxylation sites is 2. The van der Waals surface area contributed by atoms with Crippen molar-refractivity contribution in [3.63, 3.8) is 0 Å². The second-order valence-corrected chi connectivity index (χ2v) is 5.91. The highest BCUT2D eigenvalue weighted by atomic mass is 19.4. The van der Waals surface area contributed by atoms with Crippen LogP contribution in [0, 0.1) is 5.92 Å². The molecule has 0 aliphatic heterocycles. The van der Waals surface area contributed by atoms with Crippen LogP contribution in [-0.4, -0.2) is 18.9 Å². The van der Waals surface area contributed by atoms with Crippen molar-refractivity contribution in [3.05, 3.63) is 60.2 Å². The quantitative estimate of drug-likeness (QED) is 0.631. The number of hydrogen-bond acceptors (Lipinski definition) is 2. The Balaban J connectivity index is 1.58. The fourth-order valence-electron chi connectivity index (χ4n) is 2.73. The largest absolute Gasteiger partial charge is 0.573 e. The number of nitrogens with zero attached hydrogens (tertiary/aromatic N) is 1. The van der Waals surface area contributed by atoms with E-state index in [1.165, 1.54) is 23.8 Å². The maximum absolute atomic E-state index is 12.4. The van der Waals surface area contributed by atoms with Crippen molar-refractivity contribution in [2.75, 3.05) is 11.9 Å². The molecule has 0 bridgehead atoms. The molecular weight excluding hydrogens is 331 g/mol. The van der Waals surface area contributed by atoms with Crippen molar-refractivity contribution >= 4 is 11.6 Å². The third-order valence-electron chi connectivity index (χ3n) is 4.02. The first kappa shape index (κ1) is 17.1. The van der Waals surface area contributed by atoms with Crippen LogP contribution in [0.1, 0.15) is 17.9 Å². The van der Waals surface area contributed by atoms with Gasteiger partial charge in [0.2, 0.25) is 0 Å². The van der Waals surface area contributed by atoms with Gasteiger partial charge in [0.1, 0.15) is 0 Å². The summed E-state index contributed by atoms with van der Waals surface area (Å²) in [5.41, 5.74) is 7.20. The summed E-state index contributed by atoms with van der Waals surface area (Å²) in [5, 5.41) is 2.67. The van der Waals surface area contributed by atoms with E-state index in [1.807, 2.05) is 18.2 Å². The molecule has 0 radical (unpaired) electrons. The molecule has 7 heteroatoms. The highest BCUT2D eigenvalue weighted by Gasteiger charge is 2.37. The number of alkyl halides is 3. The Bertz CT molecular complexity index is 747.